The summed E-state index contributed by atoms with van der Waals surface area (Å²) in [5.74, 6) is 0.232. The molecule has 0 aliphatic heterocycles. The number of fused-ring (bicyclic) bond motifs is 1. The van der Waals surface area contributed by atoms with Gasteiger partial charge in [0.25, 0.3) is 0 Å². The standard InChI is InChI=1S/C14H20N2O2/c1-4-10(2)11(15-3)9-16-12-7-5-6-8-13(12)18-14(16)17/h5-8,10-11,15H,4,9H2,1-3H3. The number of rotatable bonds is 5. The van der Waals surface area contributed by atoms with Crippen molar-refractivity contribution in [3.05, 3.63) is 34.8 Å². The molecule has 1 heterocycles. The number of oxazole rings is 1. The average Bonchev–Trinajstić information content (AvgIpc) is 2.71. The topological polar surface area (TPSA) is 47.2 Å². The first-order valence-electron chi connectivity index (χ1n) is 6.43. The summed E-state index contributed by atoms with van der Waals surface area (Å²) in [5.41, 5.74) is 1.52. The molecule has 0 saturated carbocycles. The maximum Gasteiger partial charge on any atom is 0.420 e. The van der Waals surface area contributed by atoms with Crippen LogP contribution >= 0.6 is 0 Å². The van der Waals surface area contributed by atoms with Gasteiger partial charge < -0.3 is 9.73 Å². The molecule has 4 heteroatoms. The zero-order chi connectivity index (χ0) is 13.1. The molecule has 0 bridgehead atoms. The summed E-state index contributed by atoms with van der Waals surface area (Å²) in [6.45, 7) is 4.99. The van der Waals surface area contributed by atoms with Crippen molar-refractivity contribution in [1.29, 1.82) is 0 Å². The van der Waals surface area contributed by atoms with Crippen LogP contribution in [0.3, 0.4) is 0 Å². The van der Waals surface area contributed by atoms with Crippen LogP contribution < -0.4 is 11.1 Å². The second-order valence-electron chi connectivity index (χ2n) is 4.73. The maximum absolute atomic E-state index is 11.9. The molecule has 2 rings (SSSR count). The lowest BCUT2D eigenvalue weighted by molar-refractivity contribution is 0.339. The molecule has 1 aromatic heterocycles. The summed E-state index contributed by atoms with van der Waals surface area (Å²) in [7, 11) is 1.93. The second kappa shape index (κ2) is 5.40. The third-order valence-corrected chi connectivity index (χ3v) is 3.65. The van der Waals surface area contributed by atoms with Gasteiger partial charge in [0.05, 0.1) is 5.52 Å². The molecule has 4 nitrogen and oxygen atoms in total. The fourth-order valence-corrected chi connectivity index (χ4v) is 2.22. The number of para-hydroxylation sites is 2. The third-order valence-electron chi connectivity index (χ3n) is 3.65. The number of benzene rings is 1. The van der Waals surface area contributed by atoms with Gasteiger partial charge in [-0.1, -0.05) is 32.4 Å². The van der Waals surface area contributed by atoms with Crippen molar-refractivity contribution in [1.82, 2.24) is 9.88 Å². The van der Waals surface area contributed by atoms with Crippen molar-refractivity contribution in [2.75, 3.05) is 7.05 Å². The van der Waals surface area contributed by atoms with Gasteiger partial charge in [0.15, 0.2) is 5.58 Å². The molecule has 0 radical (unpaired) electrons. The van der Waals surface area contributed by atoms with Gasteiger partial charge in [-0.15, -0.1) is 0 Å². The molecule has 0 aliphatic carbocycles. The van der Waals surface area contributed by atoms with Crippen molar-refractivity contribution in [3.63, 3.8) is 0 Å². The van der Waals surface area contributed by atoms with Crippen molar-refractivity contribution < 1.29 is 4.42 Å². The molecule has 0 saturated heterocycles. The van der Waals surface area contributed by atoms with E-state index in [9.17, 15) is 4.79 Å². The van der Waals surface area contributed by atoms with Gasteiger partial charge in [0, 0.05) is 12.6 Å². The summed E-state index contributed by atoms with van der Waals surface area (Å²) in [4.78, 5) is 11.9. The molecule has 0 fully saturated rings. The summed E-state index contributed by atoms with van der Waals surface area (Å²) in [6, 6.07) is 7.81. The fraction of sp³-hybridized carbons (Fsp3) is 0.500. The van der Waals surface area contributed by atoms with Gasteiger partial charge in [-0.2, -0.15) is 0 Å². The largest absolute Gasteiger partial charge is 0.420 e. The van der Waals surface area contributed by atoms with E-state index >= 15 is 0 Å². The Hall–Kier alpha value is -1.55. The molecule has 1 aromatic carbocycles. The number of hydrogen-bond donors (Lipinski definition) is 1. The number of nitrogens with one attached hydrogen (secondary N) is 1. The van der Waals surface area contributed by atoms with E-state index in [2.05, 4.69) is 19.2 Å². The van der Waals surface area contributed by atoms with E-state index in [4.69, 9.17) is 4.42 Å². The van der Waals surface area contributed by atoms with E-state index < -0.39 is 0 Å². The van der Waals surface area contributed by atoms with Gasteiger partial charge >= 0.3 is 5.76 Å². The van der Waals surface area contributed by atoms with Crippen LogP contribution in [0.2, 0.25) is 0 Å². The van der Waals surface area contributed by atoms with Crippen molar-refractivity contribution in [2.45, 2.75) is 32.9 Å². The number of aromatic nitrogens is 1. The Morgan fingerprint density at radius 2 is 2.11 bits per heavy atom. The average molecular weight is 248 g/mol. The fourth-order valence-electron chi connectivity index (χ4n) is 2.22. The number of nitrogens with zero attached hydrogens (tertiary/aromatic N) is 1. The van der Waals surface area contributed by atoms with Crippen LogP contribution in [0.1, 0.15) is 20.3 Å². The van der Waals surface area contributed by atoms with Gasteiger partial charge in [-0.25, -0.2) is 4.79 Å². The predicted molar refractivity (Wildman–Crippen MR) is 72.8 cm³/mol. The predicted octanol–water partition coefficient (Wildman–Crippen LogP) is 2.23. The minimum absolute atomic E-state index is 0.272. The normalized spacial score (nSPS) is 14.8. The highest BCUT2D eigenvalue weighted by Gasteiger charge is 2.17. The molecule has 1 N–H and O–H groups in total. The van der Waals surface area contributed by atoms with Crippen LogP contribution in [0.25, 0.3) is 11.1 Å². The lowest BCUT2D eigenvalue weighted by Crippen LogP contribution is -2.38. The van der Waals surface area contributed by atoms with Crippen LogP contribution in [-0.2, 0) is 6.54 Å². The quantitative estimate of drug-likeness (QED) is 0.882. The van der Waals surface area contributed by atoms with Gasteiger partial charge in [-0.05, 0) is 25.1 Å². The zero-order valence-electron chi connectivity index (χ0n) is 11.1. The molecule has 2 atom stereocenters. The summed E-state index contributed by atoms with van der Waals surface area (Å²) in [5, 5.41) is 3.28. The lowest BCUT2D eigenvalue weighted by atomic mass is 9.99. The molecule has 0 spiro atoms. The first-order chi connectivity index (χ1) is 8.67. The van der Waals surface area contributed by atoms with E-state index in [0.717, 1.165) is 11.9 Å². The molecular weight excluding hydrogens is 228 g/mol. The Morgan fingerprint density at radius 3 is 2.78 bits per heavy atom. The van der Waals surface area contributed by atoms with Gasteiger partial charge in [-0.3, -0.25) is 4.57 Å². The summed E-state index contributed by atoms with van der Waals surface area (Å²) < 4.78 is 6.95. The molecular formula is C14H20N2O2. The summed E-state index contributed by atoms with van der Waals surface area (Å²) >= 11 is 0. The highest BCUT2D eigenvalue weighted by atomic mass is 16.4. The highest BCUT2D eigenvalue weighted by molar-refractivity contribution is 5.72. The second-order valence-corrected chi connectivity index (χ2v) is 4.73. The third kappa shape index (κ3) is 2.34. The van der Waals surface area contributed by atoms with Gasteiger partial charge in [0.2, 0.25) is 0 Å². The SMILES string of the molecule is CCC(C)C(Cn1c(=O)oc2ccccc21)NC. The van der Waals surface area contributed by atoms with Crippen molar-refractivity contribution in [3.8, 4) is 0 Å². The minimum Gasteiger partial charge on any atom is -0.408 e. The molecule has 2 unspecified atom stereocenters. The molecule has 0 aliphatic rings. The Kier molecular flexibility index (Phi) is 3.87. The van der Waals surface area contributed by atoms with Crippen LogP contribution in [0, 0.1) is 5.92 Å². The maximum atomic E-state index is 11.9. The highest BCUT2D eigenvalue weighted by Crippen LogP contribution is 2.15. The zero-order valence-corrected chi connectivity index (χ0v) is 11.1. The van der Waals surface area contributed by atoms with Crippen LogP contribution in [-0.4, -0.2) is 17.7 Å². The van der Waals surface area contributed by atoms with E-state index in [-0.39, 0.29) is 11.8 Å². The smallest absolute Gasteiger partial charge is 0.408 e. The summed E-state index contributed by atoms with van der Waals surface area (Å²) in [6.07, 6.45) is 1.08. The van der Waals surface area contributed by atoms with E-state index in [1.165, 1.54) is 0 Å². The molecule has 2 aromatic rings. The number of hydrogen-bond acceptors (Lipinski definition) is 3. The van der Waals surface area contributed by atoms with Crippen LogP contribution in [0.4, 0.5) is 0 Å². The first kappa shape index (κ1) is 12.9. The van der Waals surface area contributed by atoms with Gasteiger partial charge in [0.1, 0.15) is 0 Å². The Morgan fingerprint density at radius 1 is 1.39 bits per heavy atom. The van der Waals surface area contributed by atoms with Crippen molar-refractivity contribution >= 4 is 11.1 Å². The van der Waals surface area contributed by atoms with E-state index in [0.29, 0.717) is 18.0 Å². The van der Waals surface area contributed by atoms with Crippen molar-refractivity contribution in [2.24, 2.45) is 5.92 Å². The van der Waals surface area contributed by atoms with Crippen LogP contribution in [0.5, 0.6) is 0 Å². The Labute approximate surface area is 107 Å². The molecule has 18 heavy (non-hydrogen) atoms. The number of likely N-dealkylation sites (N-methyl/N-ethyl adjacent to an activating group) is 1. The minimum atomic E-state index is -0.278. The Balaban J connectivity index is 2.36. The monoisotopic (exact) mass is 248 g/mol. The van der Waals surface area contributed by atoms with E-state index in [1.807, 2.05) is 31.3 Å². The Bertz CT molecular complexity index is 570. The van der Waals surface area contributed by atoms with E-state index in [1.54, 1.807) is 4.57 Å². The van der Waals surface area contributed by atoms with Crippen LogP contribution in [0.15, 0.2) is 33.5 Å². The first-order valence-corrected chi connectivity index (χ1v) is 6.43. The molecule has 0 amide bonds. The molecule has 98 valence electrons. The lowest BCUT2D eigenvalue weighted by Gasteiger charge is -2.22.